The molecule has 0 spiro atoms. The molecule has 17 heavy (non-hydrogen) atoms. The third-order valence-corrected chi connectivity index (χ3v) is 3.21. The lowest BCUT2D eigenvalue weighted by molar-refractivity contribution is 0.372. The summed E-state index contributed by atoms with van der Waals surface area (Å²) in [6, 6.07) is 7.88. The van der Waals surface area contributed by atoms with Crippen molar-refractivity contribution in [2.24, 2.45) is 5.73 Å². The minimum Gasteiger partial charge on any atom is -0.385 e. The van der Waals surface area contributed by atoms with Gasteiger partial charge >= 0.3 is 7.60 Å². The van der Waals surface area contributed by atoms with Gasteiger partial charge in [-0.3, -0.25) is 4.57 Å². The van der Waals surface area contributed by atoms with E-state index >= 15 is 0 Å². The SMILES string of the molecule is NCCc1cccc(NCCCP(=O)(O)O)c1. The predicted molar refractivity (Wildman–Crippen MR) is 69.2 cm³/mol. The van der Waals surface area contributed by atoms with E-state index in [9.17, 15) is 4.57 Å². The maximum atomic E-state index is 10.6. The summed E-state index contributed by atoms with van der Waals surface area (Å²) in [6.07, 6.45) is 1.20. The molecule has 0 heterocycles. The number of hydrogen-bond donors (Lipinski definition) is 4. The van der Waals surface area contributed by atoms with Crippen LogP contribution in [0.4, 0.5) is 5.69 Å². The van der Waals surface area contributed by atoms with Crippen molar-refractivity contribution in [1.82, 2.24) is 0 Å². The second-order valence-corrected chi connectivity index (χ2v) is 5.68. The van der Waals surface area contributed by atoms with Crippen molar-refractivity contribution in [1.29, 1.82) is 0 Å². The van der Waals surface area contributed by atoms with E-state index < -0.39 is 7.60 Å². The molecule has 0 atom stereocenters. The van der Waals surface area contributed by atoms with E-state index in [4.69, 9.17) is 15.5 Å². The van der Waals surface area contributed by atoms with Crippen molar-refractivity contribution in [2.45, 2.75) is 12.8 Å². The second-order valence-electron chi connectivity index (χ2n) is 3.91. The van der Waals surface area contributed by atoms with Gasteiger partial charge in [0.2, 0.25) is 0 Å². The highest BCUT2D eigenvalue weighted by molar-refractivity contribution is 7.51. The molecule has 0 aliphatic heterocycles. The van der Waals surface area contributed by atoms with Gasteiger partial charge in [-0.2, -0.15) is 0 Å². The lowest BCUT2D eigenvalue weighted by Gasteiger charge is -2.08. The molecular formula is C11H19N2O3P. The Labute approximate surface area is 101 Å². The molecule has 5 nitrogen and oxygen atoms in total. The molecule has 0 aromatic heterocycles. The van der Waals surface area contributed by atoms with Gasteiger partial charge in [0.05, 0.1) is 6.16 Å². The van der Waals surface area contributed by atoms with E-state index in [0.29, 0.717) is 19.5 Å². The van der Waals surface area contributed by atoms with E-state index in [0.717, 1.165) is 17.7 Å². The largest absolute Gasteiger partial charge is 0.385 e. The molecule has 0 unspecified atom stereocenters. The minimum atomic E-state index is -3.86. The number of nitrogens with two attached hydrogens (primary N) is 1. The summed E-state index contributed by atoms with van der Waals surface area (Å²) in [4.78, 5) is 17.4. The zero-order valence-corrected chi connectivity index (χ0v) is 10.6. The summed E-state index contributed by atoms with van der Waals surface area (Å²) < 4.78 is 10.6. The summed E-state index contributed by atoms with van der Waals surface area (Å²) in [5, 5.41) is 3.13. The molecule has 1 rings (SSSR count). The maximum Gasteiger partial charge on any atom is 0.325 e. The number of anilines is 1. The fraction of sp³-hybridized carbons (Fsp3) is 0.455. The molecule has 6 heteroatoms. The molecule has 0 amide bonds. The molecule has 0 saturated carbocycles. The van der Waals surface area contributed by atoms with E-state index in [1.807, 2.05) is 24.3 Å². The lowest BCUT2D eigenvalue weighted by Crippen LogP contribution is -2.06. The molecule has 0 fully saturated rings. The van der Waals surface area contributed by atoms with Gasteiger partial charge < -0.3 is 20.8 Å². The van der Waals surface area contributed by atoms with Crippen LogP contribution < -0.4 is 11.1 Å². The molecule has 96 valence electrons. The Morgan fingerprint density at radius 3 is 2.76 bits per heavy atom. The van der Waals surface area contributed by atoms with Crippen molar-refractivity contribution in [3.05, 3.63) is 29.8 Å². The summed E-state index contributed by atoms with van der Waals surface area (Å²) in [5.41, 5.74) is 7.59. The minimum absolute atomic E-state index is 0.0809. The fourth-order valence-corrected chi connectivity index (χ4v) is 2.09. The van der Waals surface area contributed by atoms with Crippen LogP contribution in [0.2, 0.25) is 0 Å². The zero-order chi connectivity index (χ0) is 12.7. The van der Waals surface area contributed by atoms with Crippen LogP contribution in [0.3, 0.4) is 0 Å². The topological polar surface area (TPSA) is 95.6 Å². The standard InChI is InChI=1S/C11H19N2O3P/c12-6-5-10-3-1-4-11(9-10)13-7-2-8-17(14,15)16/h1,3-4,9,13H,2,5-8,12H2,(H2,14,15,16). The van der Waals surface area contributed by atoms with Crippen LogP contribution in [-0.4, -0.2) is 29.0 Å². The Bertz CT molecular complexity index is 392. The Hall–Kier alpha value is -0.870. The third-order valence-electron chi connectivity index (χ3n) is 2.32. The van der Waals surface area contributed by atoms with Crippen molar-refractivity contribution in [3.63, 3.8) is 0 Å². The molecular weight excluding hydrogens is 239 g/mol. The summed E-state index contributed by atoms with van der Waals surface area (Å²) in [6.45, 7) is 1.17. The van der Waals surface area contributed by atoms with Crippen molar-refractivity contribution >= 4 is 13.3 Å². The van der Waals surface area contributed by atoms with Gasteiger partial charge in [0.25, 0.3) is 0 Å². The summed E-state index contributed by atoms with van der Waals surface area (Å²) in [7, 11) is -3.86. The monoisotopic (exact) mass is 258 g/mol. The number of rotatable bonds is 7. The zero-order valence-electron chi connectivity index (χ0n) is 9.67. The van der Waals surface area contributed by atoms with E-state index in [1.54, 1.807) is 0 Å². The Balaban J connectivity index is 2.36. The highest BCUT2D eigenvalue weighted by Gasteiger charge is 2.10. The molecule has 0 aliphatic carbocycles. The van der Waals surface area contributed by atoms with Gasteiger partial charge in [-0.1, -0.05) is 12.1 Å². The molecule has 0 bridgehead atoms. The predicted octanol–water partition coefficient (Wildman–Crippen LogP) is 1.17. The average Bonchev–Trinajstić information content (AvgIpc) is 2.24. The first kappa shape index (κ1) is 14.2. The maximum absolute atomic E-state index is 10.6. The van der Waals surface area contributed by atoms with Crippen LogP contribution in [0.15, 0.2) is 24.3 Å². The molecule has 0 radical (unpaired) electrons. The summed E-state index contributed by atoms with van der Waals surface area (Å²) in [5.74, 6) is 0. The first-order valence-electron chi connectivity index (χ1n) is 5.59. The van der Waals surface area contributed by atoms with Crippen LogP contribution in [0.1, 0.15) is 12.0 Å². The number of benzene rings is 1. The number of nitrogens with one attached hydrogen (secondary N) is 1. The molecule has 1 aromatic carbocycles. The van der Waals surface area contributed by atoms with Gasteiger partial charge in [-0.15, -0.1) is 0 Å². The van der Waals surface area contributed by atoms with Gasteiger partial charge in [0, 0.05) is 12.2 Å². The van der Waals surface area contributed by atoms with Gasteiger partial charge in [0.15, 0.2) is 0 Å². The number of hydrogen-bond acceptors (Lipinski definition) is 3. The Morgan fingerprint density at radius 2 is 2.12 bits per heavy atom. The third kappa shape index (κ3) is 6.44. The fourth-order valence-electron chi connectivity index (χ4n) is 1.52. The van der Waals surface area contributed by atoms with Crippen molar-refractivity contribution in [3.8, 4) is 0 Å². The van der Waals surface area contributed by atoms with E-state index in [2.05, 4.69) is 5.32 Å². The molecule has 0 saturated heterocycles. The van der Waals surface area contributed by atoms with Gasteiger partial charge in [0.1, 0.15) is 0 Å². The van der Waals surface area contributed by atoms with Crippen LogP contribution >= 0.6 is 7.60 Å². The first-order chi connectivity index (χ1) is 8.01. The van der Waals surface area contributed by atoms with E-state index in [-0.39, 0.29) is 6.16 Å². The highest BCUT2D eigenvalue weighted by Crippen LogP contribution is 2.34. The highest BCUT2D eigenvalue weighted by atomic mass is 31.2. The molecule has 0 aliphatic rings. The Morgan fingerprint density at radius 1 is 1.35 bits per heavy atom. The molecule has 5 N–H and O–H groups in total. The van der Waals surface area contributed by atoms with Crippen molar-refractivity contribution in [2.75, 3.05) is 24.6 Å². The van der Waals surface area contributed by atoms with Crippen LogP contribution in [0, 0.1) is 0 Å². The van der Waals surface area contributed by atoms with Crippen LogP contribution in [0.25, 0.3) is 0 Å². The van der Waals surface area contributed by atoms with Crippen LogP contribution in [-0.2, 0) is 11.0 Å². The quantitative estimate of drug-likeness (QED) is 0.435. The first-order valence-corrected chi connectivity index (χ1v) is 7.38. The summed E-state index contributed by atoms with van der Waals surface area (Å²) >= 11 is 0. The normalized spacial score (nSPS) is 11.5. The smallest absolute Gasteiger partial charge is 0.325 e. The average molecular weight is 258 g/mol. The van der Waals surface area contributed by atoms with Crippen molar-refractivity contribution < 1.29 is 14.4 Å². The van der Waals surface area contributed by atoms with E-state index in [1.165, 1.54) is 0 Å². The lowest BCUT2D eigenvalue weighted by atomic mass is 10.1. The van der Waals surface area contributed by atoms with Crippen LogP contribution in [0.5, 0.6) is 0 Å². The second kappa shape index (κ2) is 6.77. The van der Waals surface area contributed by atoms with Gasteiger partial charge in [-0.05, 0) is 37.1 Å². The van der Waals surface area contributed by atoms with Gasteiger partial charge in [-0.25, -0.2) is 0 Å². The molecule has 1 aromatic rings. The Kier molecular flexibility index (Phi) is 5.65.